The number of aryl methyl sites for hydroxylation is 2. The fourth-order valence-corrected chi connectivity index (χ4v) is 3.58. The largest absolute Gasteiger partial charge is 0.417 e. The Morgan fingerprint density at radius 2 is 2.00 bits per heavy atom. The van der Waals surface area contributed by atoms with Crippen molar-refractivity contribution in [2.75, 3.05) is 11.1 Å². The molecular formula is C20H20F3N3OS. The summed E-state index contributed by atoms with van der Waals surface area (Å²) in [5.41, 5.74) is 1.12. The minimum absolute atomic E-state index is 0.0983. The molecule has 4 nitrogen and oxygen atoms in total. The molecule has 2 aromatic rings. The van der Waals surface area contributed by atoms with Crippen molar-refractivity contribution in [1.29, 1.82) is 5.26 Å². The third-order valence-electron chi connectivity index (χ3n) is 4.06. The summed E-state index contributed by atoms with van der Waals surface area (Å²) in [4.78, 5) is 16.4. The zero-order chi connectivity index (χ0) is 21.1. The summed E-state index contributed by atoms with van der Waals surface area (Å²) in [6.07, 6.45) is -4.66. The number of aromatic nitrogens is 1. The molecular weight excluding hydrogens is 387 g/mol. The highest BCUT2D eigenvalue weighted by molar-refractivity contribution is 8.00. The molecule has 1 aromatic carbocycles. The van der Waals surface area contributed by atoms with Gasteiger partial charge in [-0.3, -0.25) is 4.79 Å². The van der Waals surface area contributed by atoms with Crippen LogP contribution in [-0.4, -0.2) is 16.6 Å². The van der Waals surface area contributed by atoms with E-state index in [4.69, 9.17) is 0 Å². The van der Waals surface area contributed by atoms with E-state index in [1.54, 1.807) is 6.07 Å². The van der Waals surface area contributed by atoms with E-state index in [1.165, 1.54) is 6.92 Å². The Bertz CT molecular complexity index is 934. The van der Waals surface area contributed by atoms with Crippen LogP contribution in [0.25, 0.3) is 0 Å². The van der Waals surface area contributed by atoms with Crippen LogP contribution >= 0.6 is 11.8 Å². The molecule has 1 aromatic heterocycles. The van der Waals surface area contributed by atoms with Crippen molar-refractivity contribution in [1.82, 2.24) is 4.98 Å². The second-order valence-corrected chi connectivity index (χ2v) is 7.60. The lowest BCUT2D eigenvalue weighted by Gasteiger charge is -2.16. The number of pyridine rings is 1. The second kappa shape index (κ2) is 8.65. The van der Waals surface area contributed by atoms with Crippen molar-refractivity contribution in [2.45, 2.75) is 44.8 Å². The highest BCUT2D eigenvalue weighted by atomic mass is 32.2. The first kappa shape index (κ1) is 21.8. The van der Waals surface area contributed by atoms with Gasteiger partial charge < -0.3 is 5.32 Å². The Balaban J connectivity index is 2.23. The van der Waals surface area contributed by atoms with Crippen LogP contribution in [0.15, 0.2) is 29.3 Å². The number of hydrogen-bond donors (Lipinski definition) is 1. The summed E-state index contributed by atoms with van der Waals surface area (Å²) in [5.74, 6) is -0.336. The first-order valence-electron chi connectivity index (χ1n) is 8.55. The van der Waals surface area contributed by atoms with Gasteiger partial charge in [0.2, 0.25) is 5.91 Å². The van der Waals surface area contributed by atoms with E-state index in [0.29, 0.717) is 5.69 Å². The molecule has 0 aliphatic carbocycles. The number of hydrogen-bond acceptors (Lipinski definition) is 4. The smallest absolute Gasteiger partial charge is 0.325 e. The first-order valence-corrected chi connectivity index (χ1v) is 9.54. The average molecular weight is 407 g/mol. The minimum Gasteiger partial charge on any atom is -0.325 e. The van der Waals surface area contributed by atoms with Crippen LogP contribution in [0.1, 0.15) is 47.7 Å². The summed E-state index contributed by atoms with van der Waals surface area (Å²) < 4.78 is 39.5. The van der Waals surface area contributed by atoms with Crippen molar-refractivity contribution in [3.05, 3.63) is 52.2 Å². The van der Waals surface area contributed by atoms with Crippen LogP contribution in [0.2, 0.25) is 0 Å². The highest BCUT2D eigenvalue weighted by Crippen LogP contribution is 2.36. The van der Waals surface area contributed by atoms with Gasteiger partial charge in [-0.15, -0.1) is 0 Å². The zero-order valence-electron chi connectivity index (χ0n) is 15.9. The predicted molar refractivity (Wildman–Crippen MR) is 103 cm³/mol. The Kier molecular flexibility index (Phi) is 6.73. The van der Waals surface area contributed by atoms with E-state index in [9.17, 15) is 23.2 Å². The van der Waals surface area contributed by atoms with Crippen LogP contribution in [0, 0.1) is 25.2 Å². The van der Waals surface area contributed by atoms with Crippen molar-refractivity contribution in [3.8, 4) is 6.07 Å². The number of alkyl halides is 3. The molecule has 2 rings (SSSR count). The Morgan fingerprint density at radius 1 is 1.32 bits per heavy atom. The fourth-order valence-electron chi connectivity index (χ4n) is 2.73. The molecule has 0 saturated carbocycles. The molecule has 28 heavy (non-hydrogen) atoms. The van der Waals surface area contributed by atoms with Crippen molar-refractivity contribution >= 4 is 23.4 Å². The van der Waals surface area contributed by atoms with Gasteiger partial charge in [0, 0.05) is 11.4 Å². The first-order chi connectivity index (χ1) is 13.0. The number of carbonyl (C=O) groups is 1. The summed E-state index contributed by atoms with van der Waals surface area (Å²) in [6, 6.07) is 8.11. The molecule has 0 saturated heterocycles. The van der Waals surface area contributed by atoms with Gasteiger partial charge in [0.1, 0.15) is 11.1 Å². The Morgan fingerprint density at radius 3 is 2.57 bits per heavy atom. The molecule has 0 atom stereocenters. The van der Waals surface area contributed by atoms with Crippen molar-refractivity contribution in [2.24, 2.45) is 0 Å². The Hall–Kier alpha value is -2.53. The molecule has 1 amide bonds. The van der Waals surface area contributed by atoms with Gasteiger partial charge in [0.15, 0.2) is 0 Å². The van der Waals surface area contributed by atoms with Gasteiger partial charge >= 0.3 is 6.18 Å². The molecule has 0 radical (unpaired) electrons. The number of carbonyl (C=O) groups excluding carboxylic acids is 1. The normalized spacial score (nSPS) is 11.4. The molecule has 1 heterocycles. The van der Waals surface area contributed by atoms with Gasteiger partial charge in [-0.25, -0.2) is 4.98 Å². The number of halogens is 3. The van der Waals surface area contributed by atoms with Gasteiger partial charge in [0.05, 0.1) is 16.9 Å². The van der Waals surface area contributed by atoms with Crippen LogP contribution in [0.3, 0.4) is 0 Å². The summed E-state index contributed by atoms with van der Waals surface area (Å²) >= 11 is 0.818. The maximum absolute atomic E-state index is 13.2. The molecule has 0 aliphatic heterocycles. The maximum Gasteiger partial charge on any atom is 0.417 e. The van der Waals surface area contributed by atoms with E-state index in [-0.39, 0.29) is 28.3 Å². The third kappa shape index (κ3) is 5.04. The molecule has 0 unspecified atom stereocenters. The molecule has 0 spiro atoms. The van der Waals surface area contributed by atoms with Gasteiger partial charge in [-0.05, 0) is 37.0 Å². The quantitative estimate of drug-likeness (QED) is 0.670. The Labute approximate surface area is 166 Å². The number of nitrogens with one attached hydrogen (secondary N) is 1. The summed E-state index contributed by atoms with van der Waals surface area (Å²) in [7, 11) is 0. The van der Waals surface area contributed by atoms with Crippen LogP contribution in [-0.2, 0) is 11.0 Å². The molecule has 0 fully saturated rings. The van der Waals surface area contributed by atoms with Crippen LogP contribution < -0.4 is 5.32 Å². The lowest BCUT2D eigenvalue weighted by molar-refractivity contribution is -0.138. The molecule has 0 aliphatic rings. The summed E-state index contributed by atoms with van der Waals surface area (Å²) in [5, 5.41) is 11.9. The lowest BCUT2D eigenvalue weighted by atomic mass is 9.98. The second-order valence-electron chi connectivity index (χ2n) is 6.63. The molecule has 0 bridgehead atoms. The van der Waals surface area contributed by atoms with Crippen molar-refractivity contribution < 1.29 is 18.0 Å². The van der Waals surface area contributed by atoms with E-state index in [2.05, 4.69) is 10.3 Å². The number of nitriles is 1. The average Bonchev–Trinajstić information content (AvgIpc) is 2.60. The molecule has 8 heteroatoms. The van der Waals surface area contributed by atoms with Crippen molar-refractivity contribution in [3.63, 3.8) is 0 Å². The number of para-hydroxylation sites is 1. The third-order valence-corrected chi connectivity index (χ3v) is 5.04. The fraction of sp³-hybridized carbons (Fsp3) is 0.350. The molecule has 148 valence electrons. The predicted octanol–water partition coefficient (Wildman–Crippen LogP) is 5.44. The van der Waals surface area contributed by atoms with Crippen LogP contribution in [0.4, 0.5) is 18.9 Å². The SMILES string of the molecule is Cc1cc(C(F)(F)F)c(C#N)c(SCC(=O)Nc2c(C)cccc2C(C)C)n1. The number of benzene rings is 1. The number of nitrogens with zero attached hydrogens (tertiary/aromatic N) is 2. The number of thioether (sulfide) groups is 1. The zero-order valence-corrected chi connectivity index (χ0v) is 16.8. The van der Waals surface area contributed by atoms with E-state index in [1.807, 2.05) is 39.0 Å². The number of anilines is 1. The topological polar surface area (TPSA) is 65.8 Å². The van der Waals surface area contributed by atoms with Gasteiger partial charge in [0.25, 0.3) is 0 Å². The maximum atomic E-state index is 13.2. The standard InChI is InChI=1S/C20H20F3N3OS/c1-11(2)14-7-5-6-12(3)18(14)26-17(27)10-28-19-15(9-24)16(20(21,22)23)8-13(4)25-19/h5-8,11H,10H2,1-4H3,(H,26,27). The van der Waals surface area contributed by atoms with Gasteiger partial charge in [-0.1, -0.05) is 43.8 Å². The molecule has 1 N–H and O–H groups in total. The van der Waals surface area contributed by atoms with Crippen LogP contribution in [0.5, 0.6) is 0 Å². The van der Waals surface area contributed by atoms with E-state index in [0.717, 1.165) is 29.0 Å². The monoisotopic (exact) mass is 407 g/mol. The lowest BCUT2D eigenvalue weighted by Crippen LogP contribution is -2.17. The van der Waals surface area contributed by atoms with E-state index >= 15 is 0 Å². The van der Waals surface area contributed by atoms with E-state index < -0.39 is 17.3 Å². The number of rotatable bonds is 5. The summed E-state index contributed by atoms with van der Waals surface area (Å²) in [6.45, 7) is 7.31. The minimum atomic E-state index is -4.66. The highest BCUT2D eigenvalue weighted by Gasteiger charge is 2.35. The number of amides is 1. The van der Waals surface area contributed by atoms with Gasteiger partial charge in [-0.2, -0.15) is 18.4 Å².